The monoisotopic (exact) mass is 232 g/mol. The van der Waals surface area contributed by atoms with Crippen molar-refractivity contribution in [3.63, 3.8) is 0 Å². The second-order valence-corrected chi connectivity index (χ2v) is 5.18. The van der Waals surface area contributed by atoms with E-state index in [1.54, 1.807) is 6.92 Å². The molecule has 16 heavy (non-hydrogen) atoms. The maximum Gasteiger partial charge on any atom is 0.188 e. The molecule has 2 aromatic heterocycles. The van der Waals surface area contributed by atoms with Crippen LogP contribution in [-0.4, -0.2) is 15.8 Å². The molecule has 0 aliphatic heterocycles. The summed E-state index contributed by atoms with van der Waals surface area (Å²) in [5, 5.41) is 0.574. The minimum absolute atomic E-state index is 0.0287. The molecular weight excluding hydrogens is 220 g/mol. The van der Waals surface area contributed by atoms with Crippen LogP contribution in [0.1, 0.15) is 40.8 Å². The highest BCUT2D eigenvalue weighted by molar-refractivity contribution is 7.19. The number of thiazole rings is 1. The third kappa shape index (κ3) is 1.53. The number of carbonyl (C=O) groups is 1. The molecule has 0 radical (unpaired) electrons. The number of nitrogens with zero attached hydrogens (tertiary/aromatic N) is 2. The number of aryl methyl sites for hydroxylation is 2. The van der Waals surface area contributed by atoms with E-state index in [4.69, 9.17) is 0 Å². The van der Waals surface area contributed by atoms with Gasteiger partial charge in [0.25, 0.3) is 0 Å². The van der Waals surface area contributed by atoms with Gasteiger partial charge in [0.05, 0.1) is 0 Å². The standard InChI is InChI=1S/C12H12N2OS/c1-7(15)11-14-10-6-8-4-2-3-5-9(8)13-12(10)16-11/h6H,2-5H2,1H3. The van der Waals surface area contributed by atoms with E-state index in [1.165, 1.54) is 35.4 Å². The minimum atomic E-state index is 0.0287. The van der Waals surface area contributed by atoms with Gasteiger partial charge in [0.15, 0.2) is 10.8 Å². The van der Waals surface area contributed by atoms with Crippen molar-refractivity contribution in [2.75, 3.05) is 0 Å². The Bertz CT molecular complexity index is 531. The number of hydrogen-bond donors (Lipinski definition) is 0. The summed E-state index contributed by atoms with van der Waals surface area (Å²) in [5.41, 5.74) is 3.41. The average molecular weight is 232 g/mol. The Morgan fingerprint density at radius 1 is 1.31 bits per heavy atom. The Hall–Kier alpha value is -1.29. The highest BCUT2D eigenvalue weighted by Crippen LogP contribution is 2.27. The molecule has 0 saturated heterocycles. The molecular formula is C12H12N2OS. The average Bonchev–Trinajstić information content (AvgIpc) is 2.68. The van der Waals surface area contributed by atoms with Gasteiger partial charge in [-0.25, -0.2) is 9.97 Å². The quantitative estimate of drug-likeness (QED) is 0.710. The molecule has 0 aromatic carbocycles. The van der Waals surface area contributed by atoms with E-state index >= 15 is 0 Å². The van der Waals surface area contributed by atoms with Crippen molar-refractivity contribution in [3.8, 4) is 0 Å². The molecule has 0 N–H and O–H groups in total. The van der Waals surface area contributed by atoms with E-state index in [2.05, 4.69) is 16.0 Å². The number of pyridine rings is 1. The van der Waals surface area contributed by atoms with Crippen LogP contribution in [0.3, 0.4) is 0 Å². The summed E-state index contributed by atoms with van der Waals surface area (Å²) in [7, 11) is 0. The summed E-state index contributed by atoms with van der Waals surface area (Å²) in [5.74, 6) is 0.0287. The fourth-order valence-electron chi connectivity index (χ4n) is 2.13. The fraction of sp³-hybridized carbons (Fsp3) is 0.417. The Morgan fingerprint density at radius 2 is 2.12 bits per heavy atom. The third-order valence-electron chi connectivity index (χ3n) is 2.96. The second-order valence-electron chi connectivity index (χ2n) is 4.20. The lowest BCUT2D eigenvalue weighted by molar-refractivity contribution is 0.101. The summed E-state index contributed by atoms with van der Waals surface area (Å²) >= 11 is 1.41. The van der Waals surface area contributed by atoms with Crippen LogP contribution in [0.15, 0.2) is 6.07 Å². The van der Waals surface area contributed by atoms with E-state index in [1.807, 2.05) is 0 Å². The Labute approximate surface area is 97.5 Å². The van der Waals surface area contributed by atoms with Crippen LogP contribution in [0.2, 0.25) is 0 Å². The van der Waals surface area contributed by atoms with Gasteiger partial charge in [0.1, 0.15) is 10.3 Å². The number of rotatable bonds is 1. The largest absolute Gasteiger partial charge is 0.292 e. The van der Waals surface area contributed by atoms with Crippen molar-refractivity contribution < 1.29 is 4.79 Å². The van der Waals surface area contributed by atoms with Gasteiger partial charge < -0.3 is 0 Å². The first-order valence-corrected chi connectivity index (χ1v) is 6.36. The van der Waals surface area contributed by atoms with Crippen molar-refractivity contribution in [2.45, 2.75) is 32.6 Å². The lowest BCUT2D eigenvalue weighted by Crippen LogP contribution is -2.04. The molecule has 0 unspecified atom stereocenters. The van der Waals surface area contributed by atoms with Crippen LogP contribution < -0.4 is 0 Å². The predicted molar refractivity (Wildman–Crippen MR) is 64.1 cm³/mol. The van der Waals surface area contributed by atoms with Crippen LogP contribution in [0, 0.1) is 0 Å². The van der Waals surface area contributed by atoms with Crippen molar-refractivity contribution in [1.29, 1.82) is 0 Å². The van der Waals surface area contributed by atoms with Crippen LogP contribution in [-0.2, 0) is 12.8 Å². The zero-order valence-corrected chi connectivity index (χ0v) is 9.93. The fourth-order valence-corrected chi connectivity index (χ4v) is 2.97. The molecule has 2 aromatic rings. The van der Waals surface area contributed by atoms with E-state index in [9.17, 15) is 4.79 Å². The van der Waals surface area contributed by atoms with E-state index in [0.717, 1.165) is 23.2 Å². The van der Waals surface area contributed by atoms with Crippen LogP contribution >= 0.6 is 11.3 Å². The van der Waals surface area contributed by atoms with E-state index in [0.29, 0.717) is 5.01 Å². The van der Waals surface area contributed by atoms with Gasteiger partial charge in [0, 0.05) is 12.6 Å². The Kier molecular flexibility index (Phi) is 2.24. The van der Waals surface area contributed by atoms with Gasteiger partial charge in [-0.1, -0.05) is 11.3 Å². The van der Waals surface area contributed by atoms with E-state index in [-0.39, 0.29) is 5.78 Å². The molecule has 0 fully saturated rings. The molecule has 0 atom stereocenters. The number of Topliss-reactive ketones (excluding diaryl/α,β-unsaturated/α-hetero) is 1. The first-order chi connectivity index (χ1) is 7.74. The maximum absolute atomic E-state index is 11.3. The molecule has 0 amide bonds. The second kappa shape index (κ2) is 3.63. The Morgan fingerprint density at radius 3 is 2.94 bits per heavy atom. The number of carbonyl (C=O) groups excluding carboxylic acids is 1. The molecule has 0 spiro atoms. The predicted octanol–water partition coefficient (Wildman–Crippen LogP) is 2.77. The van der Waals surface area contributed by atoms with Gasteiger partial charge in [0.2, 0.25) is 0 Å². The van der Waals surface area contributed by atoms with Crippen LogP contribution in [0.4, 0.5) is 0 Å². The molecule has 1 aliphatic carbocycles. The molecule has 4 heteroatoms. The lowest BCUT2D eigenvalue weighted by Gasteiger charge is -2.13. The molecule has 0 bridgehead atoms. The molecule has 0 saturated carbocycles. The number of hydrogen-bond acceptors (Lipinski definition) is 4. The van der Waals surface area contributed by atoms with Gasteiger partial charge in [-0.15, -0.1) is 0 Å². The number of ketones is 1. The minimum Gasteiger partial charge on any atom is -0.292 e. The number of aromatic nitrogens is 2. The topological polar surface area (TPSA) is 42.9 Å². The highest BCUT2D eigenvalue weighted by atomic mass is 32.1. The first kappa shape index (κ1) is 9.90. The molecule has 82 valence electrons. The summed E-state index contributed by atoms with van der Waals surface area (Å²) in [6, 6.07) is 2.11. The number of fused-ring (bicyclic) bond motifs is 2. The van der Waals surface area contributed by atoms with Gasteiger partial charge >= 0.3 is 0 Å². The Balaban J connectivity index is 2.20. The zero-order chi connectivity index (χ0) is 11.1. The van der Waals surface area contributed by atoms with Crippen molar-refractivity contribution >= 4 is 27.5 Å². The van der Waals surface area contributed by atoms with Gasteiger partial charge in [-0.05, 0) is 37.3 Å². The van der Waals surface area contributed by atoms with Crippen LogP contribution in [0.25, 0.3) is 10.3 Å². The maximum atomic E-state index is 11.3. The molecule has 3 rings (SSSR count). The summed E-state index contributed by atoms with van der Waals surface area (Å²) in [6.07, 6.45) is 4.64. The molecule has 2 heterocycles. The van der Waals surface area contributed by atoms with Gasteiger partial charge in [-0.3, -0.25) is 4.79 Å². The van der Waals surface area contributed by atoms with Gasteiger partial charge in [-0.2, -0.15) is 0 Å². The van der Waals surface area contributed by atoms with Crippen LogP contribution in [0.5, 0.6) is 0 Å². The normalized spacial score (nSPS) is 15.1. The lowest BCUT2D eigenvalue weighted by atomic mass is 9.96. The molecule has 1 aliphatic rings. The first-order valence-electron chi connectivity index (χ1n) is 5.54. The summed E-state index contributed by atoms with van der Waals surface area (Å²) in [6.45, 7) is 1.55. The summed E-state index contributed by atoms with van der Waals surface area (Å²) in [4.78, 5) is 21.1. The smallest absolute Gasteiger partial charge is 0.188 e. The van der Waals surface area contributed by atoms with Crippen molar-refractivity contribution in [2.24, 2.45) is 0 Å². The summed E-state index contributed by atoms with van der Waals surface area (Å²) < 4.78 is 0. The van der Waals surface area contributed by atoms with Crippen molar-refractivity contribution in [3.05, 3.63) is 22.3 Å². The zero-order valence-electron chi connectivity index (χ0n) is 9.12. The van der Waals surface area contributed by atoms with Crippen molar-refractivity contribution in [1.82, 2.24) is 9.97 Å². The van der Waals surface area contributed by atoms with E-state index < -0.39 is 0 Å². The third-order valence-corrected chi connectivity index (χ3v) is 4.03. The highest BCUT2D eigenvalue weighted by Gasteiger charge is 2.15. The molecule has 3 nitrogen and oxygen atoms in total. The SMILES string of the molecule is CC(=O)c1nc2cc3c(nc2s1)CCCC3.